The number of piperidine rings is 1. The predicted octanol–water partition coefficient (Wildman–Crippen LogP) is 3.09. The summed E-state index contributed by atoms with van der Waals surface area (Å²) in [6, 6.07) is 8.79. The van der Waals surface area contributed by atoms with Crippen molar-refractivity contribution in [2.45, 2.75) is 19.4 Å². The molecule has 1 aromatic heterocycles. The Morgan fingerprint density at radius 2 is 2.00 bits per heavy atom. The first-order valence-electron chi connectivity index (χ1n) is 8.00. The maximum Gasteiger partial charge on any atom is 0.139 e. The van der Waals surface area contributed by atoms with E-state index in [9.17, 15) is 4.39 Å². The van der Waals surface area contributed by atoms with E-state index in [-0.39, 0.29) is 5.82 Å². The fourth-order valence-electron chi connectivity index (χ4n) is 2.91. The normalized spacial score (nSPS) is 16.4. The molecule has 1 aliphatic heterocycles. The minimum absolute atomic E-state index is 0.118. The molecule has 2 aromatic rings. The molecular weight excluding hydrogens is 293 g/mol. The lowest BCUT2D eigenvalue weighted by Gasteiger charge is -2.31. The van der Waals surface area contributed by atoms with Crippen LogP contribution in [0.4, 0.5) is 10.1 Å². The molecule has 0 bridgehead atoms. The number of nitrogen functional groups attached to an aromatic ring is 1. The summed E-state index contributed by atoms with van der Waals surface area (Å²) in [7, 11) is 0. The Labute approximate surface area is 136 Å². The van der Waals surface area contributed by atoms with Gasteiger partial charge < -0.3 is 10.5 Å². The van der Waals surface area contributed by atoms with E-state index in [4.69, 9.17) is 10.5 Å². The summed E-state index contributed by atoms with van der Waals surface area (Å²) >= 11 is 0. The van der Waals surface area contributed by atoms with Gasteiger partial charge in [-0.15, -0.1) is 0 Å². The van der Waals surface area contributed by atoms with Gasteiger partial charge >= 0.3 is 0 Å². The minimum atomic E-state index is -0.118. The number of likely N-dealkylation sites (tertiary alicyclic amines) is 1. The third-order valence-electron chi connectivity index (χ3n) is 4.28. The molecule has 0 aliphatic carbocycles. The zero-order chi connectivity index (χ0) is 16.1. The number of hydrogen-bond donors (Lipinski definition) is 1. The molecule has 0 saturated carbocycles. The van der Waals surface area contributed by atoms with Crippen molar-refractivity contribution in [1.29, 1.82) is 0 Å². The molecule has 0 radical (unpaired) electrons. The van der Waals surface area contributed by atoms with Crippen molar-refractivity contribution in [2.24, 2.45) is 5.92 Å². The largest absolute Gasteiger partial charge is 0.492 e. The molecule has 1 aliphatic rings. The molecule has 23 heavy (non-hydrogen) atoms. The quantitative estimate of drug-likeness (QED) is 0.921. The summed E-state index contributed by atoms with van der Waals surface area (Å²) in [5.41, 5.74) is 7.08. The van der Waals surface area contributed by atoms with Crippen molar-refractivity contribution in [2.75, 3.05) is 25.4 Å². The van der Waals surface area contributed by atoms with Gasteiger partial charge in [0.15, 0.2) is 0 Å². The Hall–Kier alpha value is -2.14. The monoisotopic (exact) mass is 315 g/mol. The minimum Gasteiger partial charge on any atom is -0.492 e. The zero-order valence-corrected chi connectivity index (χ0v) is 13.1. The van der Waals surface area contributed by atoms with Gasteiger partial charge in [-0.25, -0.2) is 4.39 Å². The number of aromatic nitrogens is 1. The van der Waals surface area contributed by atoms with Crippen molar-refractivity contribution in [1.82, 2.24) is 9.88 Å². The summed E-state index contributed by atoms with van der Waals surface area (Å²) in [4.78, 5) is 6.32. The van der Waals surface area contributed by atoms with Gasteiger partial charge in [-0.1, -0.05) is 18.2 Å². The molecule has 1 fully saturated rings. The van der Waals surface area contributed by atoms with Gasteiger partial charge in [0.05, 0.1) is 24.7 Å². The molecule has 0 spiro atoms. The van der Waals surface area contributed by atoms with Crippen LogP contribution < -0.4 is 10.5 Å². The zero-order valence-electron chi connectivity index (χ0n) is 13.1. The molecule has 2 N–H and O–H groups in total. The number of nitrogens with zero attached hydrogens (tertiary/aromatic N) is 2. The van der Waals surface area contributed by atoms with Gasteiger partial charge in [-0.05, 0) is 37.9 Å². The van der Waals surface area contributed by atoms with Crippen LogP contribution in [0.25, 0.3) is 0 Å². The standard InChI is InChI=1S/C18H22FN3O/c19-18-4-2-1-3-15(18)12-22-7-5-14(6-8-22)13-23-17-9-16(20)10-21-11-17/h1-4,9-11,14H,5-8,12-13,20H2. The molecule has 1 aromatic carbocycles. The third-order valence-corrected chi connectivity index (χ3v) is 4.28. The van der Waals surface area contributed by atoms with Crippen molar-refractivity contribution >= 4 is 5.69 Å². The topological polar surface area (TPSA) is 51.4 Å². The van der Waals surface area contributed by atoms with Crippen LogP contribution in [0, 0.1) is 11.7 Å². The highest BCUT2D eigenvalue weighted by atomic mass is 19.1. The van der Waals surface area contributed by atoms with E-state index < -0.39 is 0 Å². The first-order chi connectivity index (χ1) is 11.2. The molecule has 1 saturated heterocycles. The smallest absolute Gasteiger partial charge is 0.139 e. The lowest BCUT2D eigenvalue weighted by Crippen LogP contribution is -2.35. The molecular formula is C18H22FN3O. The summed E-state index contributed by atoms with van der Waals surface area (Å²) < 4.78 is 19.5. The summed E-state index contributed by atoms with van der Waals surface area (Å²) in [5.74, 6) is 1.12. The Bertz CT molecular complexity index is 642. The second-order valence-corrected chi connectivity index (χ2v) is 6.08. The number of rotatable bonds is 5. The highest BCUT2D eigenvalue weighted by Crippen LogP contribution is 2.21. The highest BCUT2D eigenvalue weighted by Gasteiger charge is 2.20. The highest BCUT2D eigenvalue weighted by molar-refractivity contribution is 5.39. The number of anilines is 1. The second-order valence-electron chi connectivity index (χ2n) is 6.08. The number of halogens is 1. The Kier molecular flexibility index (Phi) is 5.08. The SMILES string of the molecule is Nc1cncc(OCC2CCN(Cc3ccccc3F)CC2)c1. The van der Waals surface area contributed by atoms with E-state index in [1.54, 1.807) is 24.5 Å². The fourth-order valence-corrected chi connectivity index (χ4v) is 2.91. The van der Waals surface area contributed by atoms with Crippen LogP contribution in [-0.2, 0) is 6.54 Å². The average molecular weight is 315 g/mol. The van der Waals surface area contributed by atoms with Crippen LogP contribution in [-0.4, -0.2) is 29.6 Å². The van der Waals surface area contributed by atoms with Crippen LogP contribution in [0.3, 0.4) is 0 Å². The van der Waals surface area contributed by atoms with E-state index in [2.05, 4.69) is 9.88 Å². The molecule has 122 valence electrons. The Morgan fingerprint density at radius 3 is 2.74 bits per heavy atom. The molecule has 0 unspecified atom stereocenters. The molecule has 2 heterocycles. The van der Waals surface area contributed by atoms with Crippen LogP contribution in [0.5, 0.6) is 5.75 Å². The first kappa shape index (κ1) is 15.7. The average Bonchev–Trinajstić information content (AvgIpc) is 2.56. The van der Waals surface area contributed by atoms with Crippen molar-refractivity contribution < 1.29 is 9.13 Å². The summed E-state index contributed by atoms with van der Waals surface area (Å²) in [5, 5.41) is 0. The van der Waals surface area contributed by atoms with Gasteiger partial charge in [0.1, 0.15) is 11.6 Å². The number of pyridine rings is 1. The van der Waals surface area contributed by atoms with Gasteiger partial charge in [-0.2, -0.15) is 0 Å². The molecule has 5 heteroatoms. The van der Waals surface area contributed by atoms with E-state index in [0.717, 1.165) is 37.2 Å². The molecule has 0 atom stereocenters. The van der Waals surface area contributed by atoms with E-state index in [1.165, 1.54) is 6.07 Å². The van der Waals surface area contributed by atoms with Crippen LogP contribution in [0.2, 0.25) is 0 Å². The number of nitrogens with two attached hydrogens (primary N) is 1. The lowest BCUT2D eigenvalue weighted by molar-refractivity contribution is 0.135. The number of hydrogen-bond acceptors (Lipinski definition) is 4. The number of benzene rings is 1. The summed E-state index contributed by atoms with van der Waals surface area (Å²) in [6.07, 6.45) is 5.41. The Balaban J connectivity index is 1.44. The van der Waals surface area contributed by atoms with Crippen LogP contribution in [0.1, 0.15) is 18.4 Å². The predicted molar refractivity (Wildman–Crippen MR) is 88.5 cm³/mol. The molecule has 4 nitrogen and oxygen atoms in total. The van der Waals surface area contributed by atoms with Gasteiger partial charge in [0.25, 0.3) is 0 Å². The van der Waals surface area contributed by atoms with Crippen molar-refractivity contribution in [3.05, 3.63) is 54.1 Å². The Morgan fingerprint density at radius 1 is 1.22 bits per heavy atom. The van der Waals surface area contributed by atoms with E-state index in [0.29, 0.717) is 24.8 Å². The van der Waals surface area contributed by atoms with Crippen molar-refractivity contribution in [3.8, 4) is 5.75 Å². The van der Waals surface area contributed by atoms with Gasteiger partial charge in [-0.3, -0.25) is 9.88 Å². The second kappa shape index (κ2) is 7.42. The van der Waals surface area contributed by atoms with Crippen LogP contribution >= 0.6 is 0 Å². The maximum atomic E-state index is 13.7. The van der Waals surface area contributed by atoms with Gasteiger partial charge in [0, 0.05) is 18.2 Å². The number of ether oxygens (including phenoxy) is 1. The third kappa shape index (κ3) is 4.42. The first-order valence-corrected chi connectivity index (χ1v) is 8.00. The lowest BCUT2D eigenvalue weighted by atomic mass is 9.97. The van der Waals surface area contributed by atoms with Crippen molar-refractivity contribution in [3.63, 3.8) is 0 Å². The van der Waals surface area contributed by atoms with E-state index in [1.807, 2.05) is 12.1 Å². The maximum absolute atomic E-state index is 13.7. The molecule has 3 rings (SSSR count). The van der Waals surface area contributed by atoms with E-state index >= 15 is 0 Å². The molecule has 0 amide bonds. The summed E-state index contributed by atoms with van der Waals surface area (Å²) in [6.45, 7) is 3.30. The fraction of sp³-hybridized carbons (Fsp3) is 0.389. The van der Waals surface area contributed by atoms with Crippen LogP contribution in [0.15, 0.2) is 42.7 Å². The van der Waals surface area contributed by atoms with Gasteiger partial charge in [0.2, 0.25) is 0 Å².